The van der Waals surface area contributed by atoms with Crippen LogP contribution >= 0.6 is 0 Å². The van der Waals surface area contributed by atoms with Crippen LogP contribution in [0.5, 0.6) is 0 Å². The number of carbonyl (C=O) groups excluding carboxylic acids is 1. The highest BCUT2D eigenvalue weighted by Crippen LogP contribution is 2.03. The van der Waals surface area contributed by atoms with Crippen LogP contribution in [0.15, 0.2) is 0 Å². The molecule has 0 aromatic rings. The first-order valence-corrected chi connectivity index (χ1v) is 4.46. The molecule has 0 saturated heterocycles. The smallest absolute Gasteiger partial charge is 0.262 e. The second-order valence-corrected chi connectivity index (χ2v) is 3.70. The summed E-state index contributed by atoms with van der Waals surface area (Å²) < 4.78 is 18.6. The molecular weight excluding hydrogens is 166 g/mol. The second-order valence-electron chi connectivity index (χ2n) is 2.80. The van der Waals surface area contributed by atoms with E-state index < -0.39 is 22.2 Å². The van der Waals surface area contributed by atoms with Crippen LogP contribution < -0.4 is 5.73 Å². The van der Waals surface area contributed by atoms with Gasteiger partial charge < -0.3 is 5.73 Å². The van der Waals surface area contributed by atoms with Gasteiger partial charge in [0.2, 0.25) is 11.1 Å². The van der Waals surface area contributed by atoms with E-state index in [0.717, 1.165) is 0 Å². The van der Waals surface area contributed by atoms with Crippen LogP contribution in [-0.2, 0) is 15.9 Å². The number of nitrogens with two attached hydrogens (primary N) is 1. The molecule has 4 nitrogen and oxygen atoms in total. The first kappa shape index (κ1) is 10.7. The van der Waals surface area contributed by atoms with Crippen molar-refractivity contribution in [3.8, 4) is 0 Å². The van der Waals surface area contributed by atoms with Gasteiger partial charge in [0.1, 0.15) is 0 Å². The van der Waals surface area contributed by atoms with E-state index in [-0.39, 0.29) is 5.92 Å². The molecule has 3 N–H and O–H groups in total. The van der Waals surface area contributed by atoms with Crippen molar-refractivity contribution in [3.63, 3.8) is 0 Å². The molecule has 0 aliphatic rings. The molecule has 0 aromatic heterocycles. The highest BCUT2D eigenvalue weighted by atomic mass is 32.2. The van der Waals surface area contributed by atoms with E-state index in [9.17, 15) is 9.00 Å². The van der Waals surface area contributed by atoms with Crippen molar-refractivity contribution in [2.45, 2.75) is 26.3 Å². The van der Waals surface area contributed by atoms with E-state index in [4.69, 9.17) is 10.3 Å². The van der Waals surface area contributed by atoms with Gasteiger partial charge in [-0.15, -0.1) is 0 Å². The van der Waals surface area contributed by atoms with Crippen molar-refractivity contribution in [2.75, 3.05) is 0 Å². The summed E-state index contributed by atoms with van der Waals surface area (Å²) in [4.78, 5) is 10.7. The van der Waals surface area contributed by atoms with Crippen molar-refractivity contribution < 1.29 is 13.6 Å². The van der Waals surface area contributed by atoms with Gasteiger partial charge in [-0.2, -0.15) is 0 Å². The summed E-state index contributed by atoms with van der Waals surface area (Å²) in [6.07, 6.45) is 0.450. The van der Waals surface area contributed by atoms with E-state index in [1.807, 2.05) is 13.8 Å². The molecule has 2 atom stereocenters. The van der Waals surface area contributed by atoms with E-state index in [1.165, 1.54) is 0 Å². The van der Waals surface area contributed by atoms with Gasteiger partial charge in [0.25, 0.3) is 5.12 Å². The van der Waals surface area contributed by atoms with Crippen LogP contribution in [0.2, 0.25) is 0 Å². The Morgan fingerprint density at radius 1 is 1.64 bits per heavy atom. The van der Waals surface area contributed by atoms with Gasteiger partial charge in [-0.3, -0.25) is 9.35 Å². The van der Waals surface area contributed by atoms with Crippen LogP contribution in [0.25, 0.3) is 0 Å². The highest BCUT2D eigenvalue weighted by Gasteiger charge is 2.19. The maximum atomic E-state index is 10.7. The van der Waals surface area contributed by atoms with Gasteiger partial charge in [-0.1, -0.05) is 13.8 Å². The zero-order valence-corrected chi connectivity index (χ0v) is 7.43. The molecule has 0 spiro atoms. The van der Waals surface area contributed by atoms with Crippen molar-refractivity contribution in [1.82, 2.24) is 0 Å². The Hall–Kier alpha value is -0.260. The lowest BCUT2D eigenvalue weighted by molar-refractivity contribution is -0.113. The summed E-state index contributed by atoms with van der Waals surface area (Å²) in [5.74, 6) is 0.262. The zero-order valence-electron chi connectivity index (χ0n) is 6.61. The van der Waals surface area contributed by atoms with Gasteiger partial charge in [-0.25, -0.2) is 4.21 Å². The number of hydrogen-bond donors (Lipinski definition) is 2. The maximum Gasteiger partial charge on any atom is 0.262 e. The van der Waals surface area contributed by atoms with Gasteiger partial charge >= 0.3 is 0 Å². The SMILES string of the molecule is CC(C)C[C@H](N)C(=O)S(=O)O. The Morgan fingerprint density at radius 3 is 2.36 bits per heavy atom. The summed E-state index contributed by atoms with van der Waals surface area (Å²) in [6.45, 7) is 3.79. The minimum absolute atomic E-state index is 0.262. The fourth-order valence-corrected chi connectivity index (χ4v) is 1.09. The van der Waals surface area contributed by atoms with Crippen LogP contribution in [0, 0.1) is 5.92 Å². The Morgan fingerprint density at radius 2 is 2.09 bits per heavy atom. The van der Waals surface area contributed by atoms with Crippen molar-refractivity contribution >= 4 is 16.2 Å². The van der Waals surface area contributed by atoms with Gasteiger partial charge in [-0.05, 0) is 12.3 Å². The standard InChI is InChI=1S/C6H13NO3S/c1-4(2)3-5(7)6(8)11(9)10/h4-5H,3,7H2,1-2H3,(H,9,10)/t5-/m0/s1. The zero-order chi connectivity index (χ0) is 9.02. The first-order chi connectivity index (χ1) is 4.95. The van der Waals surface area contributed by atoms with E-state index in [2.05, 4.69) is 0 Å². The molecule has 11 heavy (non-hydrogen) atoms. The van der Waals surface area contributed by atoms with E-state index in [0.29, 0.717) is 6.42 Å². The molecule has 0 fully saturated rings. The normalized spacial score (nSPS) is 16.5. The molecule has 0 aliphatic carbocycles. The lowest BCUT2D eigenvalue weighted by Crippen LogP contribution is -2.34. The predicted molar refractivity (Wildman–Crippen MR) is 43.2 cm³/mol. The molecule has 0 amide bonds. The minimum Gasteiger partial charge on any atom is -0.321 e. The molecule has 0 saturated carbocycles. The largest absolute Gasteiger partial charge is 0.321 e. The van der Waals surface area contributed by atoms with E-state index in [1.54, 1.807) is 0 Å². The Labute approximate surface area is 68.4 Å². The summed E-state index contributed by atoms with van der Waals surface area (Å²) in [7, 11) is 0. The predicted octanol–water partition coefficient (Wildman–Crippen LogP) is 0.108. The molecule has 0 aromatic carbocycles. The van der Waals surface area contributed by atoms with Crippen molar-refractivity contribution in [1.29, 1.82) is 0 Å². The molecule has 5 heteroatoms. The first-order valence-electron chi connectivity index (χ1n) is 3.35. The molecule has 0 aliphatic heterocycles. The van der Waals surface area contributed by atoms with Crippen molar-refractivity contribution in [3.05, 3.63) is 0 Å². The molecule has 0 heterocycles. The second kappa shape index (κ2) is 4.58. The molecule has 1 unspecified atom stereocenters. The van der Waals surface area contributed by atoms with E-state index >= 15 is 0 Å². The average Bonchev–Trinajstić information content (AvgIpc) is 1.84. The van der Waals surface area contributed by atoms with Crippen LogP contribution in [0.3, 0.4) is 0 Å². The summed E-state index contributed by atoms with van der Waals surface area (Å²) in [5, 5.41) is -0.793. The average molecular weight is 179 g/mol. The fraction of sp³-hybridized carbons (Fsp3) is 0.833. The number of carbonyl (C=O) groups is 1. The lowest BCUT2D eigenvalue weighted by Gasteiger charge is -2.09. The summed E-state index contributed by atoms with van der Waals surface area (Å²) in [6, 6.07) is -0.805. The fourth-order valence-electron chi connectivity index (χ4n) is 0.734. The molecule has 0 radical (unpaired) electrons. The maximum absolute atomic E-state index is 10.7. The Bertz CT molecular complexity index is 169. The lowest BCUT2D eigenvalue weighted by atomic mass is 10.1. The van der Waals surface area contributed by atoms with Gasteiger partial charge in [0, 0.05) is 0 Å². The van der Waals surface area contributed by atoms with Crippen LogP contribution in [-0.4, -0.2) is 19.9 Å². The Kier molecular flexibility index (Phi) is 4.48. The highest BCUT2D eigenvalue weighted by molar-refractivity contribution is 7.95. The quantitative estimate of drug-likeness (QED) is 0.602. The summed E-state index contributed by atoms with van der Waals surface area (Å²) in [5.41, 5.74) is 5.32. The third-order valence-electron chi connectivity index (χ3n) is 1.20. The third kappa shape index (κ3) is 4.23. The third-order valence-corrected chi connectivity index (χ3v) is 1.85. The number of hydrogen-bond acceptors (Lipinski definition) is 3. The monoisotopic (exact) mass is 179 g/mol. The Balaban J connectivity index is 3.93. The molecule has 66 valence electrons. The topological polar surface area (TPSA) is 80.4 Å². The molecule has 0 bridgehead atoms. The summed E-state index contributed by atoms with van der Waals surface area (Å²) >= 11 is -2.42. The molecular formula is C6H13NO3S. The minimum atomic E-state index is -2.42. The van der Waals surface area contributed by atoms with Gasteiger partial charge in [0.05, 0.1) is 6.04 Å². The van der Waals surface area contributed by atoms with Crippen molar-refractivity contribution in [2.24, 2.45) is 11.7 Å². The number of rotatable bonds is 3. The molecule has 0 rings (SSSR count). The van der Waals surface area contributed by atoms with Crippen LogP contribution in [0.1, 0.15) is 20.3 Å². The van der Waals surface area contributed by atoms with Crippen LogP contribution in [0.4, 0.5) is 0 Å². The van der Waals surface area contributed by atoms with Gasteiger partial charge in [0.15, 0.2) is 0 Å².